The fourth-order valence-corrected chi connectivity index (χ4v) is 1.12. The first-order valence-corrected chi connectivity index (χ1v) is 5.89. The molecular weight excluding hydrogens is 252 g/mol. The Hall–Kier alpha value is -1.89. The van der Waals surface area contributed by atoms with E-state index in [4.69, 9.17) is 9.84 Å². The number of carboxylic acid groups (broad SMARTS) is 1. The first kappa shape index (κ1) is 17.1. The van der Waals surface area contributed by atoms with Crippen LogP contribution in [0.3, 0.4) is 0 Å². The van der Waals surface area contributed by atoms with Crippen molar-refractivity contribution < 1.29 is 24.2 Å². The summed E-state index contributed by atoms with van der Waals surface area (Å²) < 4.78 is 5.10. The van der Waals surface area contributed by atoms with Gasteiger partial charge in [0.25, 0.3) is 5.91 Å². The first-order chi connectivity index (χ1) is 8.79. The number of aliphatic carboxylic acids is 1. The lowest BCUT2D eigenvalue weighted by molar-refractivity contribution is -0.133. The third-order valence-corrected chi connectivity index (χ3v) is 2.40. The molecule has 0 saturated carbocycles. The van der Waals surface area contributed by atoms with Gasteiger partial charge in [0.1, 0.15) is 0 Å². The van der Waals surface area contributed by atoms with Crippen molar-refractivity contribution in [1.82, 2.24) is 10.6 Å². The van der Waals surface area contributed by atoms with Gasteiger partial charge in [0, 0.05) is 17.8 Å². The SMILES string of the molecule is CCOCC(C)NC(=O)NC(=O)C(C)=C(C)C(=O)O. The highest BCUT2D eigenvalue weighted by molar-refractivity contribution is 6.07. The Morgan fingerprint density at radius 3 is 2.26 bits per heavy atom. The van der Waals surface area contributed by atoms with Gasteiger partial charge < -0.3 is 15.2 Å². The van der Waals surface area contributed by atoms with Crippen LogP contribution in [0, 0.1) is 0 Å². The molecule has 0 rings (SSSR count). The largest absolute Gasteiger partial charge is 0.478 e. The van der Waals surface area contributed by atoms with Crippen LogP contribution in [0.5, 0.6) is 0 Å². The molecule has 0 saturated heterocycles. The van der Waals surface area contributed by atoms with E-state index in [0.717, 1.165) is 0 Å². The van der Waals surface area contributed by atoms with Crippen molar-refractivity contribution in [3.63, 3.8) is 0 Å². The molecule has 0 bridgehead atoms. The summed E-state index contributed by atoms with van der Waals surface area (Å²) in [5, 5.41) is 13.3. The van der Waals surface area contributed by atoms with Crippen LogP contribution in [0.2, 0.25) is 0 Å². The minimum atomic E-state index is -1.20. The molecule has 0 aliphatic rings. The summed E-state index contributed by atoms with van der Waals surface area (Å²) in [5.74, 6) is -1.93. The molecule has 7 nitrogen and oxygen atoms in total. The van der Waals surface area contributed by atoms with Crippen LogP contribution in [0.4, 0.5) is 4.79 Å². The molecule has 0 aliphatic heterocycles. The molecule has 1 atom stereocenters. The molecule has 3 N–H and O–H groups in total. The van der Waals surface area contributed by atoms with E-state index in [1.807, 2.05) is 6.92 Å². The summed E-state index contributed by atoms with van der Waals surface area (Å²) in [7, 11) is 0. The first-order valence-electron chi connectivity index (χ1n) is 5.89. The maximum Gasteiger partial charge on any atom is 0.331 e. The molecule has 0 aromatic carbocycles. The van der Waals surface area contributed by atoms with Crippen LogP contribution in [-0.2, 0) is 14.3 Å². The van der Waals surface area contributed by atoms with Crippen LogP contribution in [0.1, 0.15) is 27.7 Å². The summed E-state index contributed by atoms with van der Waals surface area (Å²) in [5.41, 5.74) is -0.118. The number of carbonyl (C=O) groups excluding carboxylic acids is 2. The monoisotopic (exact) mass is 272 g/mol. The second kappa shape index (κ2) is 8.25. The quantitative estimate of drug-likeness (QED) is 0.616. The Morgan fingerprint density at radius 1 is 1.21 bits per heavy atom. The average Bonchev–Trinajstić information content (AvgIpc) is 2.33. The normalized spacial score (nSPS) is 13.3. The van der Waals surface area contributed by atoms with Gasteiger partial charge in [-0.3, -0.25) is 10.1 Å². The molecule has 0 aliphatic carbocycles. The number of carbonyl (C=O) groups is 3. The van der Waals surface area contributed by atoms with Crippen LogP contribution in [-0.4, -0.2) is 42.3 Å². The molecule has 0 spiro atoms. The summed E-state index contributed by atoms with van der Waals surface area (Å²) in [4.78, 5) is 33.7. The van der Waals surface area contributed by atoms with Gasteiger partial charge in [-0.15, -0.1) is 0 Å². The van der Waals surface area contributed by atoms with Crippen molar-refractivity contribution in [2.24, 2.45) is 0 Å². The minimum absolute atomic E-state index is 0.0138. The molecule has 108 valence electrons. The molecule has 0 fully saturated rings. The van der Waals surface area contributed by atoms with E-state index >= 15 is 0 Å². The Labute approximate surface area is 112 Å². The number of carboxylic acids is 1. The number of rotatable bonds is 6. The summed E-state index contributed by atoms with van der Waals surface area (Å²) in [6, 6.07) is -0.938. The number of ether oxygens (including phenoxy) is 1. The number of nitrogens with one attached hydrogen (secondary N) is 2. The van der Waals surface area contributed by atoms with E-state index in [9.17, 15) is 14.4 Å². The minimum Gasteiger partial charge on any atom is -0.478 e. The van der Waals surface area contributed by atoms with Crippen LogP contribution in [0.25, 0.3) is 0 Å². The second-order valence-electron chi connectivity index (χ2n) is 4.04. The van der Waals surface area contributed by atoms with Gasteiger partial charge in [-0.05, 0) is 27.7 Å². The predicted molar refractivity (Wildman–Crippen MR) is 68.6 cm³/mol. The Kier molecular flexibility index (Phi) is 7.43. The summed E-state index contributed by atoms with van der Waals surface area (Å²) >= 11 is 0. The van der Waals surface area contributed by atoms with E-state index < -0.39 is 17.9 Å². The smallest absolute Gasteiger partial charge is 0.331 e. The van der Waals surface area contributed by atoms with Gasteiger partial charge in [-0.1, -0.05) is 0 Å². The van der Waals surface area contributed by atoms with E-state index in [0.29, 0.717) is 13.2 Å². The van der Waals surface area contributed by atoms with Crippen molar-refractivity contribution in [2.45, 2.75) is 33.7 Å². The summed E-state index contributed by atoms with van der Waals surface area (Å²) in [6.07, 6.45) is 0. The van der Waals surface area contributed by atoms with Gasteiger partial charge in [-0.25, -0.2) is 9.59 Å². The number of urea groups is 1. The molecule has 1 unspecified atom stereocenters. The highest BCUT2D eigenvalue weighted by Crippen LogP contribution is 2.03. The van der Waals surface area contributed by atoms with E-state index in [1.165, 1.54) is 13.8 Å². The summed E-state index contributed by atoms with van der Waals surface area (Å²) in [6.45, 7) is 7.07. The van der Waals surface area contributed by atoms with E-state index in [1.54, 1.807) is 6.92 Å². The van der Waals surface area contributed by atoms with Crippen molar-refractivity contribution >= 4 is 17.9 Å². The lowest BCUT2D eigenvalue weighted by atomic mass is 10.1. The maximum atomic E-state index is 11.6. The molecule has 19 heavy (non-hydrogen) atoms. The fourth-order valence-electron chi connectivity index (χ4n) is 1.12. The molecule has 0 radical (unpaired) electrons. The third kappa shape index (κ3) is 6.56. The zero-order valence-corrected chi connectivity index (χ0v) is 11.6. The Morgan fingerprint density at radius 2 is 1.79 bits per heavy atom. The topological polar surface area (TPSA) is 105 Å². The van der Waals surface area contributed by atoms with Gasteiger partial charge in [0.05, 0.1) is 12.6 Å². The molecule has 3 amide bonds. The highest BCUT2D eigenvalue weighted by atomic mass is 16.5. The number of hydrogen-bond donors (Lipinski definition) is 3. The number of hydrogen-bond acceptors (Lipinski definition) is 4. The average molecular weight is 272 g/mol. The van der Waals surface area contributed by atoms with Crippen molar-refractivity contribution in [2.75, 3.05) is 13.2 Å². The van der Waals surface area contributed by atoms with Gasteiger partial charge in [0.2, 0.25) is 0 Å². The highest BCUT2D eigenvalue weighted by Gasteiger charge is 2.16. The van der Waals surface area contributed by atoms with Gasteiger partial charge in [0.15, 0.2) is 0 Å². The molecule has 7 heteroatoms. The van der Waals surface area contributed by atoms with Crippen LogP contribution < -0.4 is 10.6 Å². The van der Waals surface area contributed by atoms with Gasteiger partial charge >= 0.3 is 12.0 Å². The molecule has 0 aromatic rings. The van der Waals surface area contributed by atoms with E-state index in [-0.39, 0.29) is 17.2 Å². The molecular formula is C12H20N2O5. The maximum absolute atomic E-state index is 11.6. The zero-order chi connectivity index (χ0) is 15.0. The number of amides is 3. The van der Waals surface area contributed by atoms with Crippen LogP contribution in [0.15, 0.2) is 11.1 Å². The number of imide groups is 1. The van der Waals surface area contributed by atoms with Gasteiger partial charge in [-0.2, -0.15) is 0 Å². The van der Waals surface area contributed by atoms with E-state index in [2.05, 4.69) is 10.6 Å². The third-order valence-electron chi connectivity index (χ3n) is 2.40. The second-order valence-corrected chi connectivity index (χ2v) is 4.04. The molecule has 0 heterocycles. The zero-order valence-electron chi connectivity index (χ0n) is 11.6. The molecule has 0 aromatic heterocycles. The Bertz CT molecular complexity index is 390. The fraction of sp³-hybridized carbons (Fsp3) is 0.583. The predicted octanol–water partition coefficient (Wildman–Crippen LogP) is 0.658. The lowest BCUT2D eigenvalue weighted by Gasteiger charge is -2.14. The van der Waals surface area contributed by atoms with Crippen molar-refractivity contribution in [3.05, 3.63) is 11.1 Å². The Balaban J connectivity index is 4.38. The standard InChI is InChI=1S/C12H20N2O5/c1-5-19-6-7(2)13-12(18)14-10(15)8(3)9(4)11(16)17/h7H,5-6H2,1-4H3,(H,16,17)(H2,13,14,15,18). The van der Waals surface area contributed by atoms with Crippen LogP contribution >= 0.6 is 0 Å². The lowest BCUT2D eigenvalue weighted by Crippen LogP contribution is -2.45. The van der Waals surface area contributed by atoms with Crippen molar-refractivity contribution in [1.29, 1.82) is 0 Å². The van der Waals surface area contributed by atoms with Crippen molar-refractivity contribution in [3.8, 4) is 0 Å².